The van der Waals surface area contributed by atoms with E-state index in [0.717, 1.165) is 5.56 Å². The van der Waals surface area contributed by atoms with Gasteiger partial charge in [0.2, 0.25) is 0 Å². The third-order valence-electron chi connectivity index (χ3n) is 3.23. The van der Waals surface area contributed by atoms with Crippen LogP contribution in [0, 0.1) is 0 Å². The number of ether oxygens (including phenoxy) is 2. The van der Waals surface area contributed by atoms with E-state index in [-0.39, 0.29) is 19.8 Å². The largest absolute Gasteiger partial charge is 0.497 e. The van der Waals surface area contributed by atoms with Crippen LogP contribution in [0.15, 0.2) is 29.4 Å². The fourth-order valence-corrected chi connectivity index (χ4v) is 2.47. The van der Waals surface area contributed by atoms with Crippen molar-refractivity contribution in [2.75, 3.05) is 34.5 Å². The summed E-state index contributed by atoms with van der Waals surface area (Å²) in [6.45, 7) is -0.357. The third-order valence-corrected chi connectivity index (χ3v) is 4.59. The lowest BCUT2D eigenvalue weighted by molar-refractivity contribution is -0.0668. The highest BCUT2D eigenvalue weighted by Crippen LogP contribution is 2.47. The summed E-state index contributed by atoms with van der Waals surface area (Å²) in [7, 11) is 0.195. The molecular weight excluding hydrogens is 353 g/mol. The number of azide groups is 1. The van der Waals surface area contributed by atoms with Crippen LogP contribution in [-0.2, 0) is 29.5 Å². The molecule has 1 N–H and O–H groups in total. The molecule has 0 fully saturated rings. The molecule has 2 unspecified atom stereocenters. The van der Waals surface area contributed by atoms with Gasteiger partial charge in [0.15, 0.2) is 0 Å². The van der Waals surface area contributed by atoms with Crippen molar-refractivity contribution in [1.29, 1.82) is 0 Å². The monoisotopic (exact) mass is 375 g/mol. The standard InChI is InChI=1S/C14H22N3O7P/c1-20-12-6-4-11(5-7-12)9-23-14(13(18)8-16-17-15)10-24-25(19,21-2)22-3/h4-7,13-14,18H,8-10H2,1-3H3. The molecule has 25 heavy (non-hydrogen) atoms. The van der Waals surface area contributed by atoms with Crippen molar-refractivity contribution < 1.29 is 32.7 Å². The lowest BCUT2D eigenvalue weighted by Gasteiger charge is -2.24. The first kappa shape index (κ1) is 21.4. The van der Waals surface area contributed by atoms with Gasteiger partial charge in [-0.05, 0) is 23.2 Å². The van der Waals surface area contributed by atoms with Crippen molar-refractivity contribution in [2.45, 2.75) is 18.8 Å². The number of hydrogen-bond acceptors (Lipinski definition) is 8. The number of aliphatic hydroxyl groups excluding tert-OH is 1. The average Bonchev–Trinajstić information content (AvgIpc) is 2.66. The summed E-state index contributed by atoms with van der Waals surface area (Å²) in [6, 6.07) is 7.13. The Morgan fingerprint density at radius 3 is 2.40 bits per heavy atom. The van der Waals surface area contributed by atoms with Crippen LogP contribution < -0.4 is 4.74 Å². The van der Waals surface area contributed by atoms with Crippen molar-refractivity contribution in [3.63, 3.8) is 0 Å². The van der Waals surface area contributed by atoms with E-state index in [1.807, 2.05) is 0 Å². The molecule has 0 spiro atoms. The molecule has 0 amide bonds. The van der Waals surface area contributed by atoms with E-state index < -0.39 is 20.0 Å². The Hall–Kier alpha value is -1.64. The summed E-state index contributed by atoms with van der Waals surface area (Å²) >= 11 is 0. The molecule has 0 aliphatic carbocycles. The lowest BCUT2D eigenvalue weighted by Crippen LogP contribution is -2.35. The van der Waals surface area contributed by atoms with Crippen molar-refractivity contribution in [1.82, 2.24) is 0 Å². The fraction of sp³-hybridized carbons (Fsp3) is 0.571. The van der Waals surface area contributed by atoms with Gasteiger partial charge < -0.3 is 14.6 Å². The zero-order valence-electron chi connectivity index (χ0n) is 14.3. The van der Waals surface area contributed by atoms with Gasteiger partial charge in [-0.1, -0.05) is 17.2 Å². The maximum Gasteiger partial charge on any atom is 0.474 e. The molecule has 0 bridgehead atoms. The number of benzene rings is 1. The Labute approximate surface area is 145 Å². The number of phosphoric acid groups is 1. The Morgan fingerprint density at radius 1 is 1.24 bits per heavy atom. The second-order valence-corrected chi connectivity index (χ2v) is 6.67. The second-order valence-electron chi connectivity index (χ2n) is 4.79. The summed E-state index contributed by atoms with van der Waals surface area (Å²) in [5, 5.41) is 13.4. The molecule has 1 aromatic rings. The van der Waals surface area contributed by atoms with Gasteiger partial charge in [0.1, 0.15) is 11.9 Å². The van der Waals surface area contributed by atoms with E-state index in [2.05, 4.69) is 19.1 Å². The van der Waals surface area contributed by atoms with Gasteiger partial charge in [0.05, 0.1) is 33.0 Å². The topological polar surface area (TPSA) is 132 Å². The van der Waals surface area contributed by atoms with Crippen LogP contribution in [0.2, 0.25) is 0 Å². The van der Waals surface area contributed by atoms with Crippen LogP contribution in [0.1, 0.15) is 5.56 Å². The molecule has 0 aromatic heterocycles. The second kappa shape index (κ2) is 11.1. The van der Waals surface area contributed by atoms with Crippen molar-refractivity contribution in [3.05, 3.63) is 40.3 Å². The number of rotatable bonds is 12. The van der Waals surface area contributed by atoms with Gasteiger partial charge in [-0.25, -0.2) is 4.57 Å². The first-order valence-corrected chi connectivity index (χ1v) is 8.73. The first-order valence-electron chi connectivity index (χ1n) is 7.27. The van der Waals surface area contributed by atoms with Gasteiger partial charge in [0, 0.05) is 19.1 Å². The third kappa shape index (κ3) is 7.41. The van der Waals surface area contributed by atoms with Gasteiger partial charge >= 0.3 is 7.82 Å². The maximum atomic E-state index is 11.9. The minimum atomic E-state index is -3.72. The van der Waals surface area contributed by atoms with Gasteiger partial charge in [-0.3, -0.25) is 13.6 Å². The summed E-state index contributed by atoms with van der Waals surface area (Å²) < 4.78 is 37.0. The van der Waals surface area contributed by atoms with Gasteiger partial charge in [-0.2, -0.15) is 0 Å². The highest BCUT2D eigenvalue weighted by molar-refractivity contribution is 7.48. The number of methoxy groups -OCH3 is 1. The molecule has 1 aromatic carbocycles. The summed E-state index contributed by atoms with van der Waals surface area (Å²) in [5.74, 6) is 0.702. The molecule has 2 atom stereocenters. The average molecular weight is 375 g/mol. The van der Waals surface area contributed by atoms with Crippen molar-refractivity contribution >= 4 is 7.82 Å². The molecule has 11 heteroatoms. The zero-order valence-corrected chi connectivity index (χ0v) is 15.2. The summed E-state index contributed by atoms with van der Waals surface area (Å²) in [4.78, 5) is 2.59. The van der Waals surface area contributed by atoms with Crippen molar-refractivity contribution in [2.24, 2.45) is 5.11 Å². The van der Waals surface area contributed by atoms with Crippen LogP contribution >= 0.6 is 7.82 Å². The predicted molar refractivity (Wildman–Crippen MR) is 89.2 cm³/mol. The van der Waals surface area contributed by atoms with E-state index in [0.29, 0.717) is 5.75 Å². The molecule has 0 radical (unpaired) electrons. The van der Waals surface area contributed by atoms with E-state index in [1.54, 1.807) is 31.4 Å². The van der Waals surface area contributed by atoms with Crippen LogP contribution in [0.3, 0.4) is 0 Å². The highest BCUT2D eigenvalue weighted by Gasteiger charge is 2.28. The van der Waals surface area contributed by atoms with Crippen LogP contribution in [-0.4, -0.2) is 51.8 Å². The molecular formula is C14H22N3O7P. The first-order chi connectivity index (χ1) is 12.0. The SMILES string of the molecule is COc1ccc(COC(COP(=O)(OC)OC)C(O)CN=[N+]=[N-])cc1. The van der Waals surface area contributed by atoms with Gasteiger partial charge in [0.25, 0.3) is 0 Å². The highest BCUT2D eigenvalue weighted by atomic mass is 31.2. The van der Waals surface area contributed by atoms with E-state index in [9.17, 15) is 9.67 Å². The molecule has 140 valence electrons. The van der Waals surface area contributed by atoms with E-state index in [1.165, 1.54) is 14.2 Å². The summed E-state index contributed by atoms with van der Waals surface area (Å²) in [6.07, 6.45) is -2.07. The molecule has 0 aliphatic heterocycles. The fourth-order valence-electron chi connectivity index (χ4n) is 1.78. The molecule has 0 saturated carbocycles. The Morgan fingerprint density at radius 2 is 1.88 bits per heavy atom. The Bertz CT molecular complexity index is 599. The number of phosphoric ester groups is 1. The lowest BCUT2D eigenvalue weighted by atomic mass is 10.2. The van der Waals surface area contributed by atoms with Crippen LogP contribution in [0.5, 0.6) is 5.75 Å². The molecule has 0 aliphatic rings. The van der Waals surface area contributed by atoms with E-state index >= 15 is 0 Å². The van der Waals surface area contributed by atoms with Crippen LogP contribution in [0.25, 0.3) is 10.4 Å². The number of nitrogens with zero attached hydrogens (tertiary/aromatic N) is 3. The predicted octanol–water partition coefficient (Wildman–Crippen LogP) is 2.67. The molecule has 0 saturated heterocycles. The van der Waals surface area contributed by atoms with E-state index in [4.69, 9.17) is 19.5 Å². The quantitative estimate of drug-likeness (QED) is 0.257. The molecule has 10 nitrogen and oxygen atoms in total. The number of hydrogen-bond donors (Lipinski definition) is 1. The minimum absolute atomic E-state index is 0.148. The number of aliphatic hydroxyl groups is 1. The smallest absolute Gasteiger partial charge is 0.474 e. The summed E-state index contributed by atoms with van der Waals surface area (Å²) in [5.41, 5.74) is 9.19. The maximum absolute atomic E-state index is 11.9. The Balaban J connectivity index is 2.72. The zero-order chi connectivity index (χ0) is 18.7. The Kier molecular flexibility index (Phi) is 9.48. The van der Waals surface area contributed by atoms with Crippen LogP contribution in [0.4, 0.5) is 0 Å². The van der Waals surface area contributed by atoms with Crippen molar-refractivity contribution in [3.8, 4) is 5.75 Å². The molecule has 0 heterocycles. The molecule has 1 rings (SSSR count). The normalized spacial score (nSPS) is 13.8. The van der Waals surface area contributed by atoms with Gasteiger partial charge in [-0.15, -0.1) is 0 Å². The minimum Gasteiger partial charge on any atom is -0.497 e.